The van der Waals surface area contributed by atoms with Gasteiger partial charge in [-0.1, -0.05) is 0 Å². The number of likely N-dealkylation sites (N-methyl/N-ethyl adjacent to an activating group) is 1. The van der Waals surface area contributed by atoms with Crippen molar-refractivity contribution >= 4 is 28.4 Å². The zero-order chi connectivity index (χ0) is 30.4. The first-order valence-corrected chi connectivity index (χ1v) is 13.9. The smallest absolute Gasteiger partial charge is 0.341 e. The SMILES string of the molecule is CN(C)C1CN(c2ccc(-n3cc(C(=O)O)c(=O)c4cc(F)c(N5CCC[C@@H]5COc5cc(=O)cc[nH]5)c(F)c43)cn2)C1. The summed E-state index contributed by atoms with van der Waals surface area (Å²) < 4.78 is 39.1. The van der Waals surface area contributed by atoms with Crippen LogP contribution in [0.2, 0.25) is 0 Å². The minimum absolute atomic E-state index is 0.0538. The van der Waals surface area contributed by atoms with Crippen molar-refractivity contribution in [2.75, 3.05) is 50.1 Å². The number of carbonyl (C=O) groups is 1. The summed E-state index contributed by atoms with van der Waals surface area (Å²) in [5.74, 6) is -2.55. The number of hydrogen-bond donors (Lipinski definition) is 2. The molecule has 1 atom stereocenters. The number of rotatable bonds is 8. The van der Waals surface area contributed by atoms with Crippen LogP contribution in [0, 0.1) is 11.6 Å². The van der Waals surface area contributed by atoms with E-state index in [9.17, 15) is 19.5 Å². The van der Waals surface area contributed by atoms with E-state index in [4.69, 9.17) is 4.74 Å². The lowest BCUT2D eigenvalue weighted by molar-refractivity contribution is 0.0695. The van der Waals surface area contributed by atoms with E-state index in [2.05, 4.69) is 19.8 Å². The molecule has 0 spiro atoms. The van der Waals surface area contributed by atoms with Gasteiger partial charge in [-0.2, -0.15) is 0 Å². The number of H-pyrrole nitrogens is 1. The number of carboxylic acid groups (broad SMARTS) is 1. The van der Waals surface area contributed by atoms with Crippen molar-refractivity contribution in [1.82, 2.24) is 19.4 Å². The highest BCUT2D eigenvalue weighted by molar-refractivity contribution is 5.94. The second kappa shape index (κ2) is 11.1. The highest BCUT2D eigenvalue weighted by atomic mass is 19.1. The molecule has 0 amide bonds. The van der Waals surface area contributed by atoms with E-state index in [0.717, 1.165) is 25.4 Å². The summed E-state index contributed by atoms with van der Waals surface area (Å²) in [5.41, 5.74) is -2.13. The lowest BCUT2D eigenvalue weighted by Gasteiger charge is -2.43. The van der Waals surface area contributed by atoms with Crippen LogP contribution in [0.15, 0.2) is 58.5 Å². The monoisotopic (exact) mass is 592 g/mol. The van der Waals surface area contributed by atoms with Gasteiger partial charge in [-0.15, -0.1) is 0 Å². The van der Waals surface area contributed by atoms with E-state index < -0.39 is 40.0 Å². The molecule has 0 bridgehead atoms. The molecule has 2 fully saturated rings. The number of hydrogen-bond acceptors (Lipinski definition) is 8. The zero-order valence-electron chi connectivity index (χ0n) is 23.6. The number of nitrogens with zero attached hydrogens (tertiary/aromatic N) is 5. The summed E-state index contributed by atoms with van der Waals surface area (Å²) in [5, 5.41) is 9.33. The molecule has 0 unspecified atom stereocenters. The number of fused-ring (bicyclic) bond motifs is 1. The first kappa shape index (κ1) is 28.3. The second-order valence-corrected chi connectivity index (χ2v) is 11.1. The fourth-order valence-corrected chi connectivity index (χ4v) is 5.70. The normalized spacial score (nSPS) is 17.1. The molecular formula is C30H30F2N6O5. The zero-order valence-corrected chi connectivity index (χ0v) is 23.6. The van der Waals surface area contributed by atoms with Crippen LogP contribution >= 0.6 is 0 Å². The summed E-state index contributed by atoms with van der Waals surface area (Å²) in [6.07, 6.45) is 5.19. The molecule has 13 heteroatoms. The third-order valence-corrected chi connectivity index (χ3v) is 8.16. The number of anilines is 2. The lowest BCUT2D eigenvalue weighted by Crippen LogP contribution is -2.57. The summed E-state index contributed by atoms with van der Waals surface area (Å²) in [6.45, 7) is 1.97. The molecule has 2 aliphatic rings. The summed E-state index contributed by atoms with van der Waals surface area (Å²) >= 11 is 0. The summed E-state index contributed by atoms with van der Waals surface area (Å²) in [7, 11) is 4.02. The largest absolute Gasteiger partial charge is 0.477 e. The van der Waals surface area contributed by atoms with E-state index in [1.807, 2.05) is 14.1 Å². The van der Waals surface area contributed by atoms with Crippen molar-refractivity contribution in [3.05, 3.63) is 86.6 Å². The molecule has 43 heavy (non-hydrogen) atoms. The van der Waals surface area contributed by atoms with E-state index in [1.54, 1.807) is 17.0 Å². The van der Waals surface area contributed by atoms with Gasteiger partial charge in [0.25, 0.3) is 0 Å². The summed E-state index contributed by atoms with van der Waals surface area (Å²) in [6, 6.07) is 6.92. The van der Waals surface area contributed by atoms with Gasteiger partial charge in [-0.05, 0) is 45.1 Å². The molecule has 2 saturated heterocycles. The molecule has 4 aromatic rings. The Morgan fingerprint density at radius 3 is 2.65 bits per heavy atom. The third kappa shape index (κ3) is 5.20. The van der Waals surface area contributed by atoms with Gasteiger partial charge in [0, 0.05) is 50.2 Å². The molecule has 0 saturated carbocycles. The van der Waals surface area contributed by atoms with Crippen LogP contribution in [0.3, 0.4) is 0 Å². The maximum Gasteiger partial charge on any atom is 0.341 e. The van der Waals surface area contributed by atoms with Crippen LogP contribution in [0.25, 0.3) is 16.6 Å². The minimum atomic E-state index is -1.51. The van der Waals surface area contributed by atoms with Crippen molar-refractivity contribution in [3.63, 3.8) is 0 Å². The molecule has 0 aliphatic carbocycles. The fourth-order valence-electron chi connectivity index (χ4n) is 5.70. The maximum absolute atomic E-state index is 16.5. The number of ether oxygens (including phenoxy) is 1. The Morgan fingerprint density at radius 1 is 1.19 bits per heavy atom. The van der Waals surface area contributed by atoms with Gasteiger partial charge < -0.3 is 34.1 Å². The van der Waals surface area contributed by atoms with Crippen molar-refractivity contribution in [2.45, 2.75) is 24.9 Å². The predicted molar refractivity (Wildman–Crippen MR) is 157 cm³/mol. The maximum atomic E-state index is 16.5. The van der Waals surface area contributed by atoms with Crippen LogP contribution in [0.1, 0.15) is 23.2 Å². The lowest BCUT2D eigenvalue weighted by atomic mass is 10.1. The number of halogens is 2. The standard InChI is InChI=1S/C30H30F2N6O5/c1-35(2)19-13-36(14-19)24-6-5-17(12-34-24)38-15-22(30(41)42)29(40)21-11-23(31)28(26(32)27(21)38)37-9-3-4-18(37)16-43-25-10-20(39)7-8-33-25/h5-8,10-12,15,18-19H,3-4,9,13-14,16H2,1-2H3,(H,33,39)(H,41,42)/t18-/m1/s1. The molecule has 5 heterocycles. The number of benzene rings is 1. The van der Waals surface area contributed by atoms with Gasteiger partial charge in [0.1, 0.15) is 29.5 Å². The highest BCUT2D eigenvalue weighted by Crippen LogP contribution is 2.35. The Balaban J connectivity index is 1.40. The van der Waals surface area contributed by atoms with Crippen LogP contribution in [-0.2, 0) is 0 Å². The fraction of sp³-hybridized carbons (Fsp3) is 0.333. The van der Waals surface area contributed by atoms with Gasteiger partial charge in [-0.3, -0.25) is 9.59 Å². The Labute approximate surface area is 244 Å². The van der Waals surface area contributed by atoms with Crippen molar-refractivity contribution < 1.29 is 23.4 Å². The molecule has 224 valence electrons. The Morgan fingerprint density at radius 2 is 1.98 bits per heavy atom. The highest BCUT2D eigenvalue weighted by Gasteiger charge is 2.33. The van der Waals surface area contributed by atoms with Gasteiger partial charge in [0.05, 0.1) is 28.8 Å². The topological polar surface area (TPSA) is 124 Å². The average molecular weight is 593 g/mol. The van der Waals surface area contributed by atoms with E-state index in [1.165, 1.54) is 29.1 Å². The van der Waals surface area contributed by atoms with E-state index >= 15 is 8.78 Å². The second-order valence-electron chi connectivity index (χ2n) is 11.1. The van der Waals surface area contributed by atoms with Gasteiger partial charge in [0.2, 0.25) is 5.43 Å². The number of pyridine rings is 3. The molecule has 3 aromatic heterocycles. The van der Waals surface area contributed by atoms with Crippen molar-refractivity contribution in [3.8, 4) is 11.6 Å². The summed E-state index contributed by atoms with van der Waals surface area (Å²) in [4.78, 5) is 49.8. The molecule has 2 N–H and O–H groups in total. The number of aromatic carboxylic acids is 1. The number of aromatic amines is 1. The Bertz CT molecular complexity index is 1820. The quantitative estimate of drug-likeness (QED) is 0.318. The van der Waals surface area contributed by atoms with Crippen LogP contribution in [0.4, 0.5) is 20.3 Å². The third-order valence-electron chi connectivity index (χ3n) is 8.16. The molecule has 11 nitrogen and oxygen atoms in total. The van der Waals surface area contributed by atoms with Crippen molar-refractivity contribution in [1.29, 1.82) is 0 Å². The Hall–Kier alpha value is -4.78. The van der Waals surface area contributed by atoms with E-state index in [0.29, 0.717) is 36.9 Å². The molecular weight excluding hydrogens is 562 g/mol. The average Bonchev–Trinajstić information content (AvgIpc) is 3.40. The van der Waals surface area contributed by atoms with Crippen molar-refractivity contribution in [2.24, 2.45) is 0 Å². The predicted octanol–water partition coefficient (Wildman–Crippen LogP) is 2.85. The van der Waals surface area contributed by atoms with Crippen LogP contribution < -0.4 is 25.4 Å². The molecule has 2 aliphatic heterocycles. The van der Waals surface area contributed by atoms with Gasteiger partial charge >= 0.3 is 5.97 Å². The van der Waals surface area contributed by atoms with Crippen LogP contribution in [-0.4, -0.2) is 82.9 Å². The van der Waals surface area contributed by atoms with Crippen LogP contribution in [0.5, 0.6) is 5.88 Å². The van der Waals surface area contributed by atoms with E-state index in [-0.39, 0.29) is 29.1 Å². The van der Waals surface area contributed by atoms with Gasteiger partial charge in [-0.25, -0.2) is 18.6 Å². The number of aromatic nitrogens is 3. The number of nitrogens with one attached hydrogen (secondary N) is 1. The first-order chi connectivity index (χ1) is 20.6. The number of carboxylic acids is 1. The first-order valence-electron chi connectivity index (χ1n) is 13.9. The minimum Gasteiger partial charge on any atom is -0.477 e. The Kier molecular flexibility index (Phi) is 7.34. The molecule has 1 aromatic carbocycles. The van der Waals surface area contributed by atoms with Gasteiger partial charge in [0.15, 0.2) is 17.1 Å². The molecule has 6 rings (SSSR count). The molecule has 0 radical (unpaired) electrons.